The molecule has 0 aliphatic heterocycles. The van der Waals surface area contributed by atoms with Crippen LogP contribution < -0.4 is 5.32 Å². The van der Waals surface area contributed by atoms with Crippen LogP contribution in [0.4, 0.5) is 0 Å². The molecule has 0 spiro atoms. The van der Waals surface area contributed by atoms with Crippen molar-refractivity contribution in [3.8, 4) is 0 Å². The Bertz CT molecular complexity index is 797. The Morgan fingerprint density at radius 3 is 2.29 bits per heavy atom. The molecular formula is C19H20N4O. The summed E-state index contributed by atoms with van der Waals surface area (Å²) in [7, 11) is 0. The number of benzene rings is 2. The number of carbonyl (C=O) groups is 1. The second-order valence-electron chi connectivity index (χ2n) is 5.66. The monoisotopic (exact) mass is 320 g/mol. The quantitative estimate of drug-likeness (QED) is 0.759. The van der Waals surface area contributed by atoms with Crippen LogP contribution in [-0.2, 0) is 13.0 Å². The van der Waals surface area contributed by atoms with Gasteiger partial charge in [0.05, 0.1) is 12.2 Å². The van der Waals surface area contributed by atoms with E-state index in [2.05, 4.69) is 15.6 Å². The fourth-order valence-corrected chi connectivity index (χ4v) is 2.53. The molecular weight excluding hydrogens is 300 g/mol. The lowest BCUT2D eigenvalue weighted by molar-refractivity contribution is 0.0948. The van der Waals surface area contributed by atoms with E-state index in [1.807, 2.05) is 67.6 Å². The predicted octanol–water partition coefficient (Wildman–Crippen LogP) is 2.61. The molecule has 0 aliphatic rings. The van der Waals surface area contributed by atoms with Gasteiger partial charge in [0.15, 0.2) is 5.69 Å². The minimum Gasteiger partial charge on any atom is -0.350 e. The molecule has 122 valence electrons. The molecule has 0 radical (unpaired) electrons. The molecule has 0 bridgehead atoms. The molecule has 5 heteroatoms. The summed E-state index contributed by atoms with van der Waals surface area (Å²) in [6.45, 7) is 3.06. The molecule has 2 aromatic carbocycles. The summed E-state index contributed by atoms with van der Waals surface area (Å²) in [6, 6.07) is 20.1. The number of carbonyl (C=O) groups excluding carboxylic acids is 1. The Balaban J connectivity index is 1.59. The van der Waals surface area contributed by atoms with E-state index < -0.39 is 0 Å². The summed E-state index contributed by atoms with van der Waals surface area (Å²) in [5.41, 5.74) is 3.49. The zero-order chi connectivity index (χ0) is 16.8. The van der Waals surface area contributed by atoms with Gasteiger partial charge in [-0.2, -0.15) is 0 Å². The van der Waals surface area contributed by atoms with Gasteiger partial charge in [-0.3, -0.25) is 4.79 Å². The summed E-state index contributed by atoms with van der Waals surface area (Å²) in [5.74, 6) is -0.178. The first-order valence-electron chi connectivity index (χ1n) is 8.00. The van der Waals surface area contributed by atoms with Gasteiger partial charge >= 0.3 is 0 Å². The van der Waals surface area contributed by atoms with Gasteiger partial charge in [0.25, 0.3) is 5.91 Å². The number of aromatic nitrogens is 3. The molecule has 24 heavy (non-hydrogen) atoms. The van der Waals surface area contributed by atoms with E-state index in [1.54, 1.807) is 4.68 Å². The maximum absolute atomic E-state index is 12.3. The Morgan fingerprint density at radius 2 is 1.62 bits per heavy atom. The lowest BCUT2D eigenvalue weighted by Crippen LogP contribution is -2.26. The molecule has 0 saturated heterocycles. The number of amides is 1. The van der Waals surface area contributed by atoms with Crippen molar-refractivity contribution in [1.29, 1.82) is 0 Å². The van der Waals surface area contributed by atoms with Crippen LogP contribution in [0.25, 0.3) is 0 Å². The highest BCUT2D eigenvalue weighted by Crippen LogP contribution is 2.08. The summed E-state index contributed by atoms with van der Waals surface area (Å²) in [5, 5.41) is 11.1. The Kier molecular flexibility index (Phi) is 5.01. The van der Waals surface area contributed by atoms with Crippen molar-refractivity contribution < 1.29 is 4.79 Å². The van der Waals surface area contributed by atoms with Gasteiger partial charge in [0.1, 0.15) is 0 Å². The van der Waals surface area contributed by atoms with E-state index in [1.165, 1.54) is 5.56 Å². The number of rotatable bonds is 6. The summed E-state index contributed by atoms with van der Waals surface area (Å²) < 4.78 is 1.75. The van der Waals surface area contributed by atoms with Gasteiger partial charge in [-0.05, 0) is 24.5 Å². The fourth-order valence-electron chi connectivity index (χ4n) is 2.53. The molecule has 0 fully saturated rings. The average Bonchev–Trinajstić information content (AvgIpc) is 2.97. The van der Waals surface area contributed by atoms with Crippen molar-refractivity contribution in [2.75, 3.05) is 6.54 Å². The highest BCUT2D eigenvalue weighted by Gasteiger charge is 2.16. The van der Waals surface area contributed by atoms with Crippen molar-refractivity contribution >= 4 is 5.91 Å². The summed E-state index contributed by atoms with van der Waals surface area (Å²) in [4.78, 5) is 12.3. The second-order valence-corrected chi connectivity index (χ2v) is 5.66. The van der Waals surface area contributed by atoms with Crippen LogP contribution in [0.15, 0.2) is 60.7 Å². The molecule has 0 atom stereocenters. The maximum Gasteiger partial charge on any atom is 0.273 e. The van der Waals surface area contributed by atoms with Crippen LogP contribution in [0, 0.1) is 6.92 Å². The lowest BCUT2D eigenvalue weighted by atomic mass is 10.1. The van der Waals surface area contributed by atoms with Crippen molar-refractivity contribution in [3.05, 3.63) is 83.2 Å². The Labute approximate surface area is 141 Å². The minimum atomic E-state index is -0.178. The summed E-state index contributed by atoms with van der Waals surface area (Å²) >= 11 is 0. The molecule has 0 aliphatic carbocycles. The van der Waals surface area contributed by atoms with Crippen LogP contribution in [0.5, 0.6) is 0 Å². The Hall–Kier alpha value is -2.95. The van der Waals surface area contributed by atoms with E-state index in [4.69, 9.17) is 0 Å². The molecule has 0 saturated carbocycles. The standard InChI is InChI=1S/C19H20N4O/c1-15-18(19(24)20-13-12-16-8-4-2-5-9-16)21-22-23(15)14-17-10-6-3-7-11-17/h2-11H,12-14H2,1H3,(H,20,24). The maximum atomic E-state index is 12.3. The van der Waals surface area contributed by atoms with Crippen molar-refractivity contribution in [1.82, 2.24) is 20.3 Å². The van der Waals surface area contributed by atoms with Crippen LogP contribution in [-0.4, -0.2) is 27.4 Å². The van der Waals surface area contributed by atoms with E-state index in [-0.39, 0.29) is 5.91 Å². The third-order valence-electron chi connectivity index (χ3n) is 3.91. The van der Waals surface area contributed by atoms with Gasteiger partial charge < -0.3 is 5.32 Å². The highest BCUT2D eigenvalue weighted by molar-refractivity contribution is 5.93. The summed E-state index contributed by atoms with van der Waals surface area (Å²) in [6.07, 6.45) is 0.795. The zero-order valence-electron chi connectivity index (χ0n) is 13.6. The van der Waals surface area contributed by atoms with Crippen LogP contribution in [0.2, 0.25) is 0 Å². The van der Waals surface area contributed by atoms with Crippen molar-refractivity contribution in [3.63, 3.8) is 0 Å². The first-order valence-corrected chi connectivity index (χ1v) is 8.00. The van der Waals surface area contributed by atoms with Crippen LogP contribution in [0.3, 0.4) is 0 Å². The predicted molar refractivity (Wildman–Crippen MR) is 92.8 cm³/mol. The lowest BCUT2D eigenvalue weighted by Gasteiger charge is -2.05. The third-order valence-corrected chi connectivity index (χ3v) is 3.91. The largest absolute Gasteiger partial charge is 0.350 e. The normalized spacial score (nSPS) is 10.5. The fraction of sp³-hybridized carbons (Fsp3) is 0.211. The molecule has 1 N–H and O–H groups in total. The van der Waals surface area contributed by atoms with Gasteiger partial charge in [-0.25, -0.2) is 4.68 Å². The zero-order valence-corrected chi connectivity index (χ0v) is 13.6. The van der Waals surface area contributed by atoms with Crippen molar-refractivity contribution in [2.24, 2.45) is 0 Å². The molecule has 3 aromatic rings. The number of hydrogen-bond acceptors (Lipinski definition) is 3. The first-order chi connectivity index (χ1) is 11.7. The topological polar surface area (TPSA) is 59.8 Å². The minimum absolute atomic E-state index is 0.178. The number of nitrogens with zero attached hydrogens (tertiary/aromatic N) is 3. The van der Waals surface area contributed by atoms with Crippen LogP contribution >= 0.6 is 0 Å². The van der Waals surface area contributed by atoms with Gasteiger partial charge in [0.2, 0.25) is 0 Å². The Morgan fingerprint density at radius 1 is 1.00 bits per heavy atom. The highest BCUT2D eigenvalue weighted by atomic mass is 16.2. The van der Waals surface area contributed by atoms with E-state index in [9.17, 15) is 4.79 Å². The van der Waals surface area contributed by atoms with Gasteiger partial charge in [-0.1, -0.05) is 65.9 Å². The van der Waals surface area contributed by atoms with Crippen molar-refractivity contribution in [2.45, 2.75) is 19.9 Å². The average molecular weight is 320 g/mol. The van der Waals surface area contributed by atoms with E-state index in [0.29, 0.717) is 18.8 Å². The second kappa shape index (κ2) is 7.55. The smallest absolute Gasteiger partial charge is 0.273 e. The van der Waals surface area contributed by atoms with Gasteiger partial charge in [0, 0.05) is 6.54 Å². The molecule has 1 amide bonds. The van der Waals surface area contributed by atoms with Crippen LogP contribution in [0.1, 0.15) is 27.3 Å². The third kappa shape index (κ3) is 3.87. The van der Waals surface area contributed by atoms with Gasteiger partial charge in [-0.15, -0.1) is 5.10 Å². The van der Waals surface area contributed by atoms with E-state index >= 15 is 0 Å². The molecule has 5 nitrogen and oxygen atoms in total. The molecule has 0 unspecified atom stereocenters. The SMILES string of the molecule is Cc1c(C(=O)NCCc2ccccc2)nnn1Cc1ccccc1. The molecule has 1 heterocycles. The van der Waals surface area contributed by atoms with E-state index in [0.717, 1.165) is 17.7 Å². The number of nitrogens with one attached hydrogen (secondary N) is 1. The first kappa shape index (κ1) is 15.9. The number of hydrogen-bond donors (Lipinski definition) is 1. The molecule has 3 rings (SSSR count). The molecule has 1 aromatic heterocycles.